The number of ether oxygens (including phenoxy) is 2. The summed E-state index contributed by atoms with van der Waals surface area (Å²) in [5.41, 5.74) is 1.48. The molecule has 0 aliphatic heterocycles. The topological polar surface area (TPSA) is 142 Å². The number of nitrogens with zero attached hydrogens (tertiary/aromatic N) is 4. The Bertz CT molecular complexity index is 1080. The van der Waals surface area contributed by atoms with Crippen molar-refractivity contribution in [1.29, 1.82) is 0 Å². The number of nitro groups is 1. The fraction of sp³-hybridized carbons (Fsp3) is 0.158. The Balaban J connectivity index is 1.69. The molecule has 2 aromatic carbocycles. The van der Waals surface area contributed by atoms with Gasteiger partial charge in [0.05, 0.1) is 12.0 Å². The van der Waals surface area contributed by atoms with Crippen LogP contribution in [0.1, 0.15) is 18.1 Å². The number of hydrogen-bond donors (Lipinski definition) is 1. The average Bonchev–Trinajstić information content (AvgIpc) is 3.17. The Kier molecular flexibility index (Phi) is 6.33. The SMILES string of the molecule is COc1cc(C=Nc2nonc2NC(C)=O)ccc1OCc1ccc([N+](=O)[O-])cc1. The third-order valence-corrected chi connectivity index (χ3v) is 3.83. The van der Waals surface area contributed by atoms with E-state index in [1.165, 1.54) is 32.4 Å². The highest BCUT2D eigenvalue weighted by Crippen LogP contribution is 2.29. The summed E-state index contributed by atoms with van der Waals surface area (Å²) in [5, 5.41) is 20.4. The molecule has 1 aromatic heterocycles. The van der Waals surface area contributed by atoms with Crippen LogP contribution in [-0.4, -0.2) is 34.5 Å². The molecule has 0 aliphatic rings. The molecule has 0 saturated carbocycles. The van der Waals surface area contributed by atoms with E-state index in [0.717, 1.165) is 5.56 Å². The molecular formula is C19H17N5O6. The Morgan fingerprint density at radius 1 is 1.23 bits per heavy atom. The second-order valence-electron chi connectivity index (χ2n) is 6.00. The predicted molar refractivity (Wildman–Crippen MR) is 106 cm³/mol. The summed E-state index contributed by atoms with van der Waals surface area (Å²) in [6.45, 7) is 1.55. The summed E-state index contributed by atoms with van der Waals surface area (Å²) in [6, 6.07) is 11.3. The summed E-state index contributed by atoms with van der Waals surface area (Å²) < 4.78 is 15.7. The van der Waals surface area contributed by atoms with Crippen molar-refractivity contribution >= 4 is 29.4 Å². The van der Waals surface area contributed by atoms with Crippen molar-refractivity contribution in [3.63, 3.8) is 0 Å². The van der Waals surface area contributed by atoms with Gasteiger partial charge in [-0.3, -0.25) is 14.9 Å². The van der Waals surface area contributed by atoms with Crippen LogP contribution in [0.3, 0.4) is 0 Å². The third-order valence-electron chi connectivity index (χ3n) is 3.83. The number of carbonyl (C=O) groups is 1. The molecular weight excluding hydrogens is 394 g/mol. The van der Waals surface area contributed by atoms with Crippen molar-refractivity contribution in [2.45, 2.75) is 13.5 Å². The van der Waals surface area contributed by atoms with E-state index in [2.05, 4.69) is 25.3 Å². The first-order chi connectivity index (χ1) is 14.5. The van der Waals surface area contributed by atoms with E-state index in [0.29, 0.717) is 17.1 Å². The maximum absolute atomic E-state index is 11.1. The third kappa shape index (κ3) is 5.16. The lowest BCUT2D eigenvalue weighted by molar-refractivity contribution is -0.384. The molecule has 1 N–H and O–H groups in total. The fourth-order valence-corrected chi connectivity index (χ4v) is 2.41. The number of non-ortho nitro benzene ring substituents is 1. The number of nitro benzene ring substituents is 1. The summed E-state index contributed by atoms with van der Waals surface area (Å²) in [5.74, 6) is 0.894. The predicted octanol–water partition coefficient (Wildman–Crippen LogP) is 3.27. The molecule has 0 fully saturated rings. The fourth-order valence-electron chi connectivity index (χ4n) is 2.41. The van der Waals surface area contributed by atoms with Gasteiger partial charge in [-0.1, -0.05) is 0 Å². The molecule has 0 saturated heterocycles. The number of aliphatic imine (C=N–C) groups is 1. The number of aromatic nitrogens is 2. The van der Waals surface area contributed by atoms with Crippen LogP contribution in [0.2, 0.25) is 0 Å². The summed E-state index contributed by atoms with van der Waals surface area (Å²) in [6.07, 6.45) is 1.51. The van der Waals surface area contributed by atoms with Crippen LogP contribution in [-0.2, 0) is 11.4 Å². The Morgan fingerprint density at radius 2 is 2.00 bits per heavy atom. The maximum Gasteiger partial charge on any atom is 0.269 e. The largest absolute Gasteiger partial charge is 0.493 e. The van der Waals surface area contributed by atoms with E-state index in [1.54, 1.807) is 30.3 Å². The van der Waals surface area contributed by atoms with E-state index < -0.39 is 4.92 Å². The number of methoxy groups -OCH3 is 1. The second kappa shape index (κ2) is 9.28. The number of hydrogen-bond acceptors (Lipinski definition) is 9. The number of amides is 1. The normalized spacial score (nSPS) is 10.7. The number of rotatable bonds is 8. The minimum atomic E-state index is -0.456. The van der Waals surface area contributed by atoms with Crippen LogP contribution < -0.4 is 14.8 Å². The molecule has 0 bridgehead atoms. The molecule has 1 amide bonds. The van der Waals surface area contributed by atoms with Crippen LogP contribution >= 0.6 is 0 Å². The van der Waals surface area contributed by atoms with E-state index >= 15 is 0 Å². The van der Waals surface area contributed by atoms with E-state index in [9.17, 15) is 14.9 Å². The average molecular weight is 411 g/mol. The smallest absolute Gasteiger partial charge is 0.269 e. The highest BCUT2D eigenvalue weighted by molar-refractivity contribution is 5.91. The lowest BCUT2D eigenvalue weighted by Gasteiger charge is -2.11. The zero-order chi connectivity index (χ0) is 21.5. The van der Waals surface area contributed by atoms with E-state index in [4.69, 9.17) is 9.47 Å². The van der Waals surface area contributed by atoms with Gasteiger partial charge in [0.15, 0.2) is 11.5 Å². The highest BCUT2D eigenvalue weighted by Gasteiger charge is 2.11. The van der Waals surface area contributed by atoms with Gasteiger partial charge < -0.3 is 14.8 Å². The molecule has 11 heteroatoms. The van der Waals surface area contributed by atoms with Gasteiger partial charge >= 0.3 is 0 Å². The van der Waals surface area contributed by atoms with Crippen molar-refractivity contribution < 1.29 is 23.8 Å². The first-order valence-corrected chi connectivity index (χ1v) is 8.64. The highest BCUT2D eigenvalue weighted by atomic mass is 16.6. The van der Waals surface area contributed by atoms with Gasteiger partial charge in [0, 0.05) is 25.3 Å². The molecule has 0 atom stereocenters. The monoisotopic (exact) mass is 411 g/mol. The number of carbonyl (C=O) groups excluding carboxylic acids is 1. The minimum absolute atomic E-state index is 0.0175. The summed E-state index contributed by atoms with van der Waals surface area (Å²) >= 11 is 0. The number of nitrogens with one attached hydrogen (secondary N) is 1. The van der Waals surface area contributed by atoms with Crippen molar-refractivity contribution in [3.8, 4) is 11.5 Å². The number of benzene rings is 2. The molecule has 0 radical (unpaired) electrons. The summed E-state index contributed by atoms with van der Waals surface area (Å²) in [4.78, 5) is 25.5. The van der Waals surface area contributed by atoms with Crippen LogP contribution in [0.4, 0.5) is 17.3 Å². The van der Waals surface area contributed by atoms with Crippen LogP contribution in [0.25, 0.3) is 0 Å². The van der Waals surface area contributed by atoms with Crippen molar-refractivity contribution in [2.24, 2.45) is 4.99 Å². The van der Waals surface area contributed by atoms with Gasteiger partial charge in [-0.05, 0) is 51.8 Å². The lowest BCUT2D eigenvalue weighted by atomic mass is 10.2. The Hall–Kier alpha value is -4.28. The van der Waals surface area contributed by atoms with Gasteiger partial charge in [-0.25, -0.2) is 9.62 Å². The Labute approximate surface area is 170 Å². The van der Waals surface area contributed by atoms with Crippen molar-refractivity contribution in [3.05, 3.63) is 63.7 Å². The number of anilines is 1. The maximum atomic E-state index is 11.1. The van der Waals surface area contributed by atoms with Gasteiger partial charge in [-0.2, -0.15) is 0 Å². The van der Waals surface area contributed by atoms with Crippen LogP contribution in [0.5, 0.6) is 11.5 Å². The van der Waals surface area contributed by atoms with Crippen molar-refractivity contribution in [1.82, 2.24) is 10.3 Å². The minimum Gasteiger partial charge on any atom is -0.493 e. The molecule has 3 rings (SSSR count). The zero-order valence-electron chi connectivity index (χ0n) is 16.1. The molecule has 30 heavy (non-hydrogen) atoms. The van der Waals surface area contributed by atoms with Gasteiger partial charge in [0.25, 0.3) is 5.69 Å². The Morgan fingerprint density at radius 3 is 2.67 bits per heavy atom. The first kappa shape index (κ1) is 20.5. The molecule has 154 valence electrons. The van der Waals surface area contributed by atoms with Gasteiger partial charge in [0.2, 0.25) is 17.5 Å². The molecule has 3 aromatic rings. The first-order valence-electron chi connectivity index (χ1n) is 8.64. The van der Waals surface area contributed by atoms with Crippen molar-refractivity contribution in [2.75, 3.05) is 12.4 Å². The summed E-state index contributed by atoms with van der Waals surface area (Å²) in [7, 11) is 1.51. The van der Waals surface area contributed by atoms with E-state index in [1.807, 2.05) is 0 Å². The quantitative estimate of drug-likeness (QED) is 0.338. The zero-order valence-corrected chi connectivity index (χ0v) is 16.1. The molecule has 1 heterocycles. The molecule has 11 nitrogen and oxygen atoms in total. The van der Waals surface area contributed by atoms with Crippen LogP contribution in [0, 0.1) is 10.1 Å². The lowest BCUT2D eigenvalue weighted by Crippen LogP contribution is -2.06. The molecule has 0 aliphatic carbocycles. The second-order valence-corrected chi connectivity index (χ2v) is 6.00. The molecule has 0 unspecified atom stereocenters. The van der Waals surface area contributed by atoms with Gasteiger partial charge in [-0.15, -0.1) is 0 Å². The standard InChI is InChI=1S/C19H17N5O6/c1-12(25)21-19-18(22-30-23-19)20-10-14-5-8-16(17(9-14)28-2)29-11-13-3-6-15(7-4-13)24(26)27/h3-10H,11H2,1-2H3,(H,21,23,25). The van der Waals surface area contributed by atoms with Crippen LogP contribution in [0.15, 0.2) is 52.1 Å². The molecule has 0 spiro atoms. The van der Waals surface area contributed by atoms with E-state index in [-0.39, 0.29) is 29.8 Å². The van der Waals surface area contributed by atoms with Gasteiger partial charge in [0.1, 0.15) is 6.61 Å².